The zero-order valence-electron chi connectivity index (χ0n) is 11.3. The molecule has 7 heteroatoms. The second-order valence-electron chi connectivity index (χ2n) is 5.07. The van der Waals surface area contributed by atoms with E-state index in [4.69, 9.17) is 15.0 Å². The summed E-state index contributed by atoms with van der Waals surface area (Å²) in [5.74, 6) is 0.967. The molecule has 0 bridgehead atoms. The number of hydrogen-bond acceptors (Lipinski definition) is 5. The molecule has 0 aliphatic heterocycles. The monoisotopic (exact) mass is 463 g/mol. The summed E-state index contributed by atoms with van der Waals surface area (Å²) < 4.78 is 13.0. The van der Waals surface area contributed by atoms with Crippen molar-refractivity contribution in [1.29, 1.82) is 0 Å². The molecule has 1 aromatic heterocycles. The van der Waals surface area contributed by atoms with Gasteiger partial charge in [-0.25, -0.2) is 0 Å². The molecule has 0 saturated heterocycles. The second kappa shape index (κ2) is 6.72. The summed E-state index contributed by atoms with van der Waals surface area (Å²) in [4.78, 5) is 4.40. The Morgan fingerprint density at radius 1 is 1.48 bits per heavy atom. The Morgan fingerprint density at radius 2 is 2.29 bits per heavy atom. The van der Waals surface area contributed by atoms with Crippen molar-refractivity contribution in [2.24, 2.45) is 5.73 Å². The van der Waals surface area contributed by atoms with Crippen molar-refractivity contribution in [3.63, 3.8) is 0 Å². The molecule has 5 nitrogen and oxygen atoms in total. The van der Waals surface area contributed by atoms with Gasteiger partial charge in [-0.3, -0.25) is 0 Å². The fourth-order valence-electron chi connectivity index (χ4n) is 2.01. The standard InChI is InChI=1S/C14H15BrIN3O2/c15-8-4-5-11(16)10(6-8)14-18-13(19-21-14)12(17)7-20-9-2-1-3-9/h4-6,9,12H,1-3,7,17H2. The van der Waals surface area contributed by atoms with Crippen LogP contribution in [0.2, 0.25) is 0 Å². The van der Waals surface area contributed by atoms with Crippen molar-refractivity contribution in [1.82, 2.24) is 10.1 Å². The molecule has 0 radical (unpaired) electrons. The Morgan fingerprint density at radius 3 is 3.00 bits per heavy atom. The predicted molar refractivity (Wildman–Crippen MR) is 90.7 cm³/mol. The SMILES string of the molecule is NC(COC1CCC1)c1noc(-c2cc(Br)ccc2I)n1. The highest BCUT2D eigenvalue weighted by atomic mass is 127. The number of nitrogens with zero attached hydrogens (tertiary/aromatic N) is 2. The molecule has 2 N–H and O–H groups in total. The molecule has 1 unspecified atom stereocenters. The second-order valence-corrected chi connectivity index (χ2v) is 7.15. The van der Waals surface area contributed by atoms with E-state index in [0.717, 1.165) is 26.4 Å². The van der Waals surface area contributed by atoms with E-state index in [1.165, 1.54) is 6.42 Å². The molecule has 112 valence electrons. The first-order valence-corrected chi connectivity index (χ1v) is 8.67. The molecule has 1 fully saturated rings. The van der Waals surface area contributed by atoms with Crippen LogP contribution in [0.3, 0.4) is 0 Å². The van der Waals surface area contributed by atoms with Gasteiger partial charge in [0.2, 0.25) is 0 Å². The molecule has 1 aromatic carbocycles. The average molecular weight is 464 g/mol. The van der Waals surface area contributed by atoms with Crippen LogP contribution in [0.15, 0.2) is 27.2 Å². The lowest BCUT2D eigenvalue weighted by Crippen LogP contribution is -2.27. The summed E-state index contributed by atoms with van der Waals surface area (Å²) in [5.41, 5.74) is 6.96. The molecule has 1 atom stereocenters. The van der Waals surface area contributed by atoms with Gasteiger partial charge in [-0.1, -0.05) is 21.1 Å². The topological polar surface area (TPSA) is 74.2 Å². The normalized spacial score (nSPS) is 16.7. The van der Waals surface area contributed by atoms with E-state index >= 15 is 0 Å². The first-order valence-electron chi connectivity index (χ1n) is 6.79. The minimum absolute atomic E-state index is 0.354. The maximum atomic E-state index is 6.06. The molecule has 1 aliphatic rings. The summed E-state index contributed by atoms with van der Waals surface area (Å²) in [6, 6.07) is 5.56. The number of rotatable bonds is 5. The van der Waals surface area contributed by atoms with E-state index in [-0.39, 0.29) is 6.04 Å². The zero-order chi connectivity index (χ0) is 14.8. The maximum Gasteiger partial charge on any atom is 0.259 e. The van der Waals surface area contributed by atoms with Gasteiger partial charge >= 0.3 is 0 Å². The lowest BCUT2D eigenvalue weighted by molar-refractivity contribution is -0.00549. The molecule has 1 saturated carbocycles. The molecule has 1 aliphatic carbocycles. The largest absolute Gasteiger partial charge is 0.376 e. The van der Waals surface area contributed by atoms with Gasteiger partial charge in [0.25, 0.3) is 5.89 Å². The molecular weight excluding hydrogens is 449 g/mol. The Labute approximate surface area is 144 Å². The highest BCUT2D eigenvalue weighted by Crippen LogP contribution is 2.28. The summed E-state index contributed by atoms with van der Waals surface area (Å²) in [7, 11) is 0. The third-order valence-electron chi connectivity index (χ3n) is 3.50. The van der Waals surface area contributed by atoms with Gasteiger partial charge in [0.15, 0.2) is 5.82 Å². The molecular formula is C14H15BrIN3O2. The molecule has 2 aromatic rings. The highest BCUT2D eigenvalue weighted by Gasteiger charge is 2.22. The fourth-order valence-corrected chi connectivity index (χ4v) is 2.94. The van der Waals surface area contributed by atoms with Gasteiger partial charge in [0.1, 0.15) is 0 Å². The van der Waals surface area contributed by atoms with Crippen LogP contribution in [0.1, 0.15) is 31.1 Å². The van der Waals surface area contributed by atoms with Crippen LogP contribution in [0, 0.1) is 3.57 Å². The lowest BCUT2D eigenvalue weighted by Gasteiger charge is -2.26. The van der Waals surface area contributed by atoms with E-state index < -0.39 is 0 Å². The van der Waals surface area contributed by atoms with Crippen LogP contribution in [0.25, 0.3) is 11.5 Å². The Hall–Kier alpha value is -0.510. The van der Waals surface area contributed by atoms with Crippen molar-refractivity contribution in [2.45, 2.75) is 31.4 Å². The first-order chi connectivity index (χ1) is 10.1. The Bertz CT molecular complexity index is 630. The van der Waals surface area contributed by atoms with Crippen molar-refractivity contribution in [3.05, 3.63) is 32.1 Å². The molecule has 1 heterocycles. The number of halogens is 2. The minimum atomic E-state index is -0.354. The number of aromatic nitrogens is 2. The van der Waals surface area contributed by atoms with Crippen LogP contribution in [-0.2, 0) is 4.74 Å². The Balaban J connectivity index is 1.71. The fraction of sp³-hybridized carbons (Fsp3) is 0.429. The van der Waals surface area contributed by atoms with Crippen molar-refractivity contribution in [2.75, 3.05) is 6.61 Å². The summed E-state index contributed by atoms with van der Waals surface area (Å²) in [5, 5.41) is 3.98. The van der Waals surface area contributed by atoms with Gasteiger partial charge in [0.05, 0.1) is 24.3 Å². The van der Waals surface area contributed by atoms with Crippen molar-refractivity contribution >= 4 is 38.5 Å². The van der Waals surface area contributed by atoms with Gasteiger partial charge in [0, 0.05) is 8.04 Å². The zero-order valence-corrected chi connectivity index (χ0v) is 15.0. The van der Waals surface area contributed by atoms with Crippen molar-refractivity contribution in [3.8, 4) is 11.5 Å². The third kappa shape index (κ3) is 3.64. The average Bonchev–Trinajstić information content (AvgIpc) is 2.89. The molecule has 21 heavy (non-hydrogen) atoms. The van der Waals surface area contributed by atoms with Gasteiger partial charge < -0.3 is 15.0 Å². The number of benzene rings is 1. The van der Waals surface area contributed by atoms with E-state index in [1.807, 2.05) is 18.2 Å². The lowest BCUT2D eigenvalue weighted by atomic mass is 9.96. The predicted octanol–water partition coefficient (Wildman–Crippen LogP) is 3.67. The van der Waals surface area contributed by atoms with Crippen LogP contribution in [0.4, 0.5) is 0 Å². The quantitative estimate of drug-likeness (QED) is 0.684. The Kier molecular flexibility index (Phi) is 4.92. The number of ether oxygens (including phenoxy) is 1. The smallest absolute Gasteiger partial charge is 0.259 e. The van der Waals surface area contributed by atoms with Crippen LogP contribution in [0.5, 0.6) is 0 Å². The third-order valence-corrected chi connectivity index (χ3v) is 4.93. The summed E-state index contributed by atoms with van der Waals surface area (Å²) in [6.45, 7) is 0.430. The van der Waals surface area contributed by atoms with E-state index in [2.05, 4.69) is 48.7 Å². The minimum Gasteiger partial charge on any atom is -0.376 e. The number of hydrogen-bond donors (Lipinski definition) is 1. The number of nitrogens with two attached hydrogens (primary N) is 1. The highest BCUT2D eigenvalue weighted by molar-refractivity contribution is 14.1. The molecule has 3 rings (SSSR count). The molecule has 0 amide bonds. The van der Waals surface area contributed by atoms with E-state index in [1.54, 1.807) is 0 Å². The van der Waals surface area contributed by atoms with Crippen molar-refractivity contribution < 1.29 is 9.26 Å². The van der Waals surface area contributed by atoms with Crippen LogP contribution >= 0.6 is 38.5 Å². The molecule has 0 spiro atoms. The summed E-state index contributed by atoms with van der Waals surface area (Å²) in [6.07, 6.45) is 3.85. The van der Waals surface area contributed by atoms with Gasteiger partial charge in [-0.15, -0.1) is 0 Å². The maximum absolute atomic E-state index is 6.06. The van der Waals surface area contributed by atoms with Gasteiger partial charge in [-0.05, 0) is 60.1 Å². The first kappa shape index (κ1) is 15.4. The summed E-state index contributed by atoms with van der Waals surface area (Å²) >= 11 is 5.69. The van der Waals surface area contributed by atoms with Gasteiger partial charge in [-0.2, -0.15) is 4.98 Å². The van der Waals surface area contributed by atoms with Crippen LogP contribution in [-0.4, -0.2) is 22.9 Å². The van der Waals surface area contributed by atoms with E-state index in [0.29, 0.717) is 24.4 Å². The van der Waals surface area contributed by atoms with Crippen LogP contribution < -0.4 is 5.73 Å². The van der Waals surface area contributed by atoms with E-state index in [9.17, 15) is 0 Å².